The van der Waals surface area contributed by atoms with Crippen molar-refractivity contribution in [2.24, 2.45) is 10.4 Å². The number of carbonyl (C=O) groups is 1. The summed E-state index contributed by atoms with van der Waals surface area (Å²) in [6, 6.07) is 10.7. The van der Waals surface area contributed by atoms with Crippen LogP contribution in [0.3, 0.4) is 0 Å². The van der Waals surface area contributed by atoms with Crippen molar-refractivity contribution in [3.05, 3.63) is 72.1 Å². The monoisotopic (exact) mass is 521 g/mol. The number of ether oxygens (including phenoxy) is 2. The largest absolute Gasteiger partial charge is 0.464 e. The zero-order valence-corrected chi connectivity index (χ0v) is 20.6. The van der Waals surface area contributed by atoms with Gasteiger partial charge in [0.2, 0.25) is 0 Å². The molecule has 38 heavy (non-hydrogen) atoms. The summed E-state index contributed by atoms with van der Waals surface area (Å²) in [5.41, 5.74) is 1.61. The highest BCUT2D eigenvalue weighted by Gasteiger charge is 2.29. The molecule has 11 heteroatoms. The third-order valence-electron chi connectivity index (χ3n) is 6.23. The Labute approximate surface area is 216 Å². The van der Waals surface area contributed by atoms with Crippen molar-refractivity contribution in [3.8, 4) is 22.6 Å². The molecule has 0 aliphatic carbocycles. The number of nitrogens with one attached hydrogen (secondary N) is 3. The number of pyridine rings is 1. The van der Waals surface area contributed by atoms with Gasteiger partial charge in [-0.15, -0.1) is 0 Å². The number of amides is 1. The molecule has 1 aliphatic heterocycles. The SMILES string of the molecule is CNC(=O)c1ccccc1-c1c[nH]c2nccc(Oc3c(F)cc(NC4=NCC(C)(CO)CO4)cc3F)c12. The molecule has 9 nitrogen and oxygen atoms in total. The minimum absolute atomic E-state index is 0.0837. The average molecular weight is 522 g/mol. The van der Waals surface area contributed by atoms with Gasteiger partial charge in [-0.2, -0.15) is 0 Å². The number of aliphatic imine (C=N–C) groups is 1. The number of benzene rings is 2. The van der Waals surface area contributed by atoms with Crippen molar-refractivity contribution < 1.29 is 28.2 Å². The van der Waals surface area contributed by atoms with Crippen LogP contribution < -0.4 is 15.4 Å². The maximum atomic E-state index is 15.1. The molecular weight excluding hydrogens is 496 g/mol. The second kappa shape index (κ2) is 10.1. The molecule has 0 bridgehead atoms. The summed E-state index contributed by atoms with van der Waals surface area (Å²) < 4.78 is 41.4. The molecule has 5 rings (SSSR count). The fourth-order valence-corrected chi connectivity index (χ4v) is 4.11. The van der Waals surface area contributed by atoms with E-state index in [4.69, 9.17) is 9.47 Å². The lowest BCUT2D eigenvalue weighted by Gasteiger charge is -2.30. The van der Waals surface area contributed by atoms with E-state index in [0.29, 0.717) is 34.3 Å². The molecule has 1 amide bonds. The number of aromatic amines is 1. The molecule has 0 saturated heterocycles. The quantitative estimate of drug-likeness (QED) is 0.297. The van der Waals surface area contributed by atoms with Crippen LogP contribution in [0.1, 0.15) is 17.3 Å². The van der Waals surface area contributed by atoms with Crippen LogP contribution in [0.4, 0.5) is 14.5 Å². The predicted octanol–water partition coefficient (Wildman–Crippen LogP) is 4.46. The van der Waals surface area contributed by atoms with Crippen LogP contribution in [0, 0.1) is 17.0 Å². The third-order valence-corrected chi connectivity index (χ3v) is 6.23. The topological polar surface area (TPSA) is 121 Å². The molecule has 0 radical (unpaired) electrons. The molecule has 0 saturated carbocycles. The van der Waals surface area contributed by atoms with Crippen LogP contribution in [-0.2, 0) is 4.74 Å². The zero-order chi connectivity index (χ0) is 26.9. The molecule has 4 aromatic rings. The number of carbonyl (C=O) groups excluding carboxylic acids is 1. The maximum absolute atomic E-state index is 15.1. The Morgan fingerprint density at radius 1 is 1.21 bits per heavy atom. The molecule has 1 atom stereocenters. The van der Waals surface area contributed by atoms with Crippen molar-refractivity contribution >= 4 is 28.6 Å². The van der Waals surface area contributed by atoms with Crippen molar-refractivity contribution in [2.75, 3.05) is 32.1 Å². The Morgan fingerprint density at radius 3 is 2.66 bits per heavy atom. The van der Waals surface area contributed by atoms with Gasteiger partial charge in [0.25, 0.3) is 11.9 Å². The highest BCUT2D eigenvalue weighted by atomic mass is 19.1. The fraction of sp³-hybridized carbons (Fsp3) is 0.222. The first-order chi connectivity index (χ1) is 18.3. The van der Waals surface area contributed by atoms with Crippen LogP contribution in [0.25, 0.3) is 22.2 Å². The number of aliphatic hydroxyl groups is 1. The third kappa shape index (κ3) is 4.75. The van der Waals surface area contributed by atoms with Crippen LogP contribution >= 0.6 is 0 Å². The zero-order valence-electron chi connectivity index (χ0n) is 20.6. The molecule has 196 valence electrons. The number of hydrogen-bond donors (Lipinski definition) is 4. The van der Waals surface area contributed by atoms with E-state index in [1.165, 1.54) is 19.3 Å². The molecule has 2 aromatic heterocycles. The standard InChI is InChI=1S/C27H25F2N5O4/c1-27(13-35)12-33-26(37-14-27)34-15-9-19(28)23(20(29)10-15)38-21-7-8-31-24-22(21)18(11-32-24)16-5-3-4-6-17(16)25(36)30-2/h3-11,35H,12-14H2,1-2H3,(H,30,36)(H,31,32)(H,33,34). The number of anilines is 1. The van der Waals surface area contributed by atoms with E-state index in [-0.39, 0.29) is 36.6 Å². The number of aromatic nitrogens is 2. The number of nitrogens with zero attached hydrogens (tertiary/aromatic N) is 2. The first-order valence-corrected chi connectivity index (χ1v) is 11.8. The highest BCUT2D eigenvalue weighted by molar-refractivity contribution is 6.06. The van der Waals surface area contributed by atoms with Gasteiger partial charge in [-0.1, -0.05) is 25.1 Å². The molecule has 0 fully saturated rings. The number of hydrogen-bond acceptors (Lipinski definition) is 7. The van der Waals surface area contributed by atoms with Gasteiger partial charge in [-0.25, -0.2) is 18.8 Å². The molecule has 4 N–H and O–H groups in total. The van der Waals surface area contributed by atoms with Crippen LogP contribution in [0.5, 0.6) is 11.5 Å². The fourth-order valence-electron chi connectivity index (χ4n) is 4.11. The summed E-state index contributed by atoms with van der Waals surface area (Å²) in [5, 5.41) is 15.3. The van der Waals surface area contributed by atoms with E-state index in [0.717, 1.165) is 12.1 Å². The molecule has 1 unspecified atom stereocenters. The summed E-state index contributed by atoms with van der Waals surface area (Å²) in [7, 11) is 1.54. The Hall–Kier alpha value is -4.51. The van der Waals surface area contributed by atoms with E-state index >= 15 is 8.78 Å². The Kier molecular flexibility index (Phi) is 6.68. The van der Waals surface area contributed by atoms with Gasteiger partial charge >= 0.3 is 0 Å². The first-order valence-electron chi connectivity index (χ1n) is 11.8. The first kappa shape index (κ1) is 25.2. The Morgan fingerprint density at radius 2 is 1.97 bits per heavy atom. The van der Waals surface area contributed by atoms with Crippen molar-refractivity contribution in [1.29, 1.82) is 0 Å². The van der Waals surface area contributed by atoms with Gasteiger partial charge in [0, 0.05) is 53.8 Å². The normalized spacial score (nSPS) is 17.0. The molecule has 2 aromatic carbocycles. The Balaban J connectivity index is 1.47. The number of H-pyrrole nitrogens is 1. The summed E-state index contributed by atoms with van der Waals surface area (Å²) in [6.07, 6.45) is 3.12. The van der Waals surface area contributed by atoms with Crippen molar-refractivity contribution in [3.63, 3.8) is 0 Å². The lowest BCUT2D eigenvalue weighted by atomic mass is 9.93. The average Bonchev–Trinajstić information content (AvgIpc) is 3.37. The molecular formula is C27H25F2N5O4. The van der Waals surface area contributed by atoms with Crippen molar-refractivity contribution in [1.82, 2.24) is 15.3 Å². The van der Waals surface area contributed by atoms with Crippen LogP contribution in [-0.4, -0.2) is 53.8 Å². The van der Waals surface area contributed by atoms with Gasteiger partial charge < -0.3 is 30.2 Å². The predicted molar refractivity (Wildman–Crippen MR) is 138 cm³/mol. The summed E-state index contributed by atoms with van der Waals surface area (Å²) >= 11 is 0. The minimum atomic E-state index is -0.947. The molecule has 1 aliphatic rings. The lowest BCUT2D eigenvalue weighted by molar-refractivity contribution is 0.0706. The summed E-state index contributed by atoms with van der Waals surface area (Å²) in [5.74, 6) is -2.63. The summed E-state index contributed by atoms with van der Waals surface area (Å²) in [4.78, 5) is 24.0. The number of amidine groups is 1. The lowest BCUT2D eigenvalue weighted by Crippen LogP contribution is -2.38. The number of aliphatic hydroxyl groups excluding tert-OH is 1. The number of rotatable bonds is 6. The van der Waals surface area contributed by atoms with E-state index in [2.05, 4.69) is 25.6 Å². The van der Waals surface area contributed by atoms with E-state index < -0.39 is 22.8 Å². The second-order valence-corrected chi connectivity index (χ2v) is 9.23. The van der Waals surface area contributed by atoms with Gasteiger partial charge in [-0.05, 0) is 17.7 Å². The molecule has 0 spiro atoms. The van der Waals surface area contributed by atoms with Crippen molar-refractivity contribution in [2.45, 2.75) is 6.92 Å². The number of fused-ring (bicyclic) bond motifs is 1. The van der Waals surface area contributed by atoms with E-state index in [1.54, 1.807) is 30.5 Å². The Bertz CT molecular complexity index is 1530. The van der Waals surface area contributed by atoms with E-state index in [1.807, 2.05) is 6.92 Å². The van der Waals surface area contributed by atoms with Crippen LogP contribution in [0.15, 0.2) is 59.9 Å². The van der Waals surface area contributed by atoms with Gasteiger partial charge in [-0.3, -0.25) is 4.79 Å². The number of halogens is 2. The summed E-state index contributed by atoms with van der Waals surface area (Å²) in [6.45, 7) is 2.24. The van der Waals surface area contributed by atoms with Crippen LogP contribution in [0.2, 0.25) is 0 Å². The second-order valence-electron chi connectivity index (χ2n) is 9.23. The van der Waals surface area contributed by atoms with Gasteiger partial charge in [0.05, 0.1) is 18.5 Å². The smallest absolute Gasteiger partial charge is 0.289 e. The van der Waals surface area contributed by atoms with E-state index in [9.17, 15) is 9.90 Å². The van der Waals surface area contributed by atoms with Gasteiger partial charge in [0.1, 0.15) is 18.0 Å². The maximum Gasteiger partial charge on any atom is 0.289 e. The van der Waals surface area contributed by atoms with Gasteiger partial charge in [0.15, 0.2) is 17.4 Å². The highest BCUT2D eigenvalue weighted by Crippen LogP contribution is 2.39. The minimum Gasteiger partial charge on any atom is -0.464 e. The molecule has 3 heterocycles.